The summed E-state index contributed by atoms with van der Waals surface area (Å²) in [6.07, 6.45) is 5.25. The summed E-state index contributed by atoms with van der Waals surface area (Å²) in [5, 5.41) is 12.3. The fourth-order valence-electron chi connectivity index (χ4n) is 2.84. The van der Waals surface area contributed by atoms with Crippen LogP contribution < -0.4 is 5.32 Å². The first-order valence-electron chi connectivity index (χ1n) is 9.79. The van der Waals surface area contributed by atoms with Crippen LogP contribution >= 0.6 is 35.1 Å². The molecule has 0 aliphatic heterocycles. The van der Waals surface area contributed by atoms with Crippen molar-refractivity contribution in [3.63, 3.8) is 0 Å². The van der Waals surface area contributed by atoms with Crippen molar-refractivity contribution in [2.75, 3.05) is 11.1 Å². The van der Waals surface area contributed by atoms with Crippen molar-refractivity contribution in [3.8, 4) is 5.69 Å². The van der Waals surface area contributed by atoms with Crippen molar-refractivity contribution in [2.24, 2.45) is 0 Å². The van der Waals surface area contributed by atoms with Crippen molar-refractivity contribution in [1.29, 1.82) is 0 Å². The highest BCUT2D eigenvalue weighted by Gasteiger charge is 2.11. The number of halogens is 1. The molecule has 0 unspecified atom stereocenters. The first-order chi connectivity index (χ1) is 15.6. The van der Waals surface area contributed by atoms with E-state index >= 15 is 0 Å². The molecule has 9 heteroatoms. The number of benzene rings is 2. The van der Waals surface area contributed by atoms with E-state index in [2.05, 4.69) is 26.6 Å². The molecule has 0 radical (unpaired) electrons. The van der Waals surface area contributed by atoms with Gasteiger partial charge in [-0.3, -0.25) is 14.3 Å². The number of anilines is 1. The highest BCUT2D eigenvalue weighted by Crippen LogP contribution is 2.25. The minimum Gasteiger partial charge on any atom is -0.325 e. The van der Waals surface area contributed by atoms with Gasteiger partial charge in [-0.25, -0.2) is 0 Å². The Hall–Kier alpha value is -2.81. The zero-order chi connectivity index (χ0) is 22.3. The lowest BCUT2D eigenvalue weighted by molar-refractivity contribution is -0.113. The molecule has 1 amide bonds. The highest BCUT2D eigenvalue weighted by atomic mass is 35.5. The quantitative estimate of drug-likeness (QED) is 0.328. The molecular formula is C23H20ClN5OS2. The first-order valence-corrected chi connectivity index (χ1v) is 12.1. The van der Waals surface area contributed by atoms with E-state index in [0.717, 1.165) is 27.6 Å². The zero-order valence-corrected chi connectivity index (χ0v) is 19.6. The third-order valence-corrected chi connectivity index (χ3v) is 6.98. The summed E-state index contributed by atoms with van der Waals surface area (Å²) < 4.78 is 1.82. The van der Waals surface area contributed by atoms with Crippen molar-refractivity contribution in [3.05, 3.63) is 89.5 Å². The summed E-state index contributed by atoms with van der Waals surface area (Å²) in [6.45, 7) is 1.95. The maximum Gasteiger partial charge on any atom is 0.234 e. The van der Waals surface area contributed by atoms with Gasteiger partial charge in [-0.1, -0.05) is 35.5 Å². The molecule has 2 aromatic carbocycles. The molecule has 0 aliphatic rings. The minimum atomic E-state index is -0.109. The van der Waals surface area contributed by atoms with Gasteiger partial charge in [0, 0.05) is 33.8 Å². The van der Waals surface area contributed by atoms with E-state index in [0.29, 0.717) is 10.2 Å². The Morgan fingerprint density at radius 1 is 1.12 bits per heavy atom. The second kappa shape index (κ2) is 10.7. The molecule has 0 saturated carbocycles. The van der Waals surface area contributed by atoms with Crippen LogP contribution in [0, 0.1) is 6.92 Å². The van der Waals surface area contributed by atoms with Gasteiger partial charge in [0.2, 0.25) is 5.91 Å². The number of nitrogens with one attached hydrogen (secondary N) is 1. The number of carbonyl (C=O) groups excluding carboxylic acids is 1. The minimum absolute atomic E-state index is 0.109. The SMILES string of the molecule is Cc1ccc(-n2cnnc2SCC(=O)Nc2ccc(SCc3cccnc3)cc2)cc1Cl. The number of aromatic nitrogens is 4. The average molecular weight is 482 g/mol. The summed E-state index contributed by atoms with van der Waals surface area (Å²) in [5.41, 5.74) is 3.78. The van der Waals surface area contributed by atoms with E-state index in [4.69, 9.17) is 11.6 Å². The first kappa shape index (κ1) is 22.4. The lowest BCUT2D eigenvalue weighted by atomic mass is 10.2. The Labute approximate surface area is 199 Å². The monoisotopic (exact) mass is 481 g/mol. The van der Waals surface area contributed by atoms with Crippen molar-refractivity contribution >= 4 is 46.7 Å². The lowest BCUT2D eigenvalue weighted by Crippen LogP contribution is -2.14. The third-order valence-electron chi connectivity index (χ3n) is 4.55. The molecule has 32 heavy (non-hydrogen) atoms. The number of thioether (sulfide) groups is 2. The predicted octanol–water partition coefficient (Wildman–Crippen LogP) is 5.65. The van der Waals surface area contributed by atoms with Crippen molar-refractivity contribution in [2.45, 2.75) is 22.7 Å². The number of aryl methyl sites for hydroxylation is 1. The fraction of sp³-hybridized carbons (Fsp3) is 0.130. The van der Waals surface area contributed by atoms with Crippen LogP contribution in [0.5, 0.6) is 0 Å². The number of amides is 1. The van der Waals surface area contributed by atoms with Gasteiger partial charge < -0.3 is 5.32 Å². The molecule has 4 rings (SSSR count). The normalized spacial score (nSPS) is 10.8. The van der Waals surface area contributed by atoms with E-state index in [1.807, 2.05) is 66.2 Å². The Balaban J connectivity index is 1.30. The maximum absolute atomic E-state index is 12.4. The summed E-state index contributed by atoms with van der Waals surface area (Å²) in [7, 11) is 0. The van der Waals surface area contributed by atoms with E-state index in [1.54, 1.807) is 24.3 Å². The van der Waals surface area contributed by atoms with Gasteiger partial charge in [-0.2, -0.15) is 0 Å². The molecule has 6 nitrogen and oxygen atoms in total. The van der Waals surface area contributed by atoms with Crippen LogP contribution in [0.2, 0.25) is 5.02 Å². The third kappa shape index (κ3) is 5.91. The predicted molar refractivity (Wildman–Crippen MR) is 131 cm³/mol. The van der Waals surface area contributed by atoms with Gasteiger partial charge in [0.05, 0.1) is 11.4 Å². The van der Waals surface area contributed by atoms with E-state index in [9.17, 15) is 4.79 Å². The Kier molecular flexibility index (Phi) is 7.47. The van der Waals surface area contributed by atoms with Crippen LogP contribution in [0.1, 0.15) is 11.1 Å². The number of pyridine rings is 1. The molecule has 4 aromatic rings. The molecule has 1 N–H and O–H groups in total. The second-order valence-electron chi connectivity index (χ2n) is 6.93. The summed E-state index contributed by atoms with van der Waals surface area (Å²) >= 11 is 9.28. The standard InChI is InChI=1S/C23H20ClN5OS2/c1-16-4-7-19(11-21(16)24)29-15-26-28-23(29)32-14-22(30)27-18-5-8-20(9-6-18)31-13-17-3-2-10-25-12-17/h2-12,15H,13-14H2,1H3,(H,27,30). The highest BCUT2D eigenvalue weighted by molar-refractivity contribution is 7.99. The molecule has 0 atom stereocenters. The molecule has 0 saturated heterocycles. The van der Waals surface area contributed by atoms with Crippen LogP contribution in [0.3, 0.4) is 0 Å². The van der Waals surface area contributed by atoms with Crippen LogP contribution in [-0.4, -0.2) is 31.4 Å². The Bertz CT molecular complexity index is 1200. The lowest BCUT2D eigenvalue weighted by Gasteiger charge is -2.09. The van der Waals surface area contributed by atoms with E-state index in [-0.39, 0.29) is 11.7 Å². The van der Waals surface area contributed by atoms with Gasteiger partial charge in [-0.15, -0.1) is 22.0 Å². The van der Waals surface area contributed by atoms with Crippen LogP contribution in [0.25, 0.3) is 5.69 Å². The molecule has 2 heterocycles. The van der Waals surface area contributed by atoms with Gasteiger partial charge in [0.1, 0.15) is 6.33 Å². The van der Waals surface area contributed by atoms with Crippen LogP contribution in [0.4, 0.5) is 5.69 Å². The number of nitrogens with zero attached hydrogens (tertiary/aromatic N) is 4. The average Bonchev–Trinajstić information content (AvgIpc) is 3.28. The number of carbonyl (C=O) groups is 1. The molecule has 2 aromatic heterocycles. The second-order valence-corrected chi connectivity index (χ2v) is 9.33. The smallest absolute Gasteiger partial charge is 0.234 e. The maximum atomic E-state index is 12.4. The molecule has 0 fully saturated rings. The molecule has 0 spiro atoms. The number of rotatable bonds is 8. The number of hydrogen-bond acceptors (Lipinski definition) is 6. The van der Waals surface area contributed by atoms with E-state index in [1.165, 1.54) is 17.3 Å². The fourth-order valence-corrected chi connectivity index (χ4v) is 4.58. The van der Waals surface area contributed by atoms with Gasteiger partial charge in [-0.05, 0) is 60.5 Å². The number of hydrogen-bond donors (Lipinski definition) is 1. The topological polar surface area (TPSA) is 72.7 Å². The summed E-state index contributed by atoms with van der Waals surface area (Å²) in [4.78, 5) is 17.7. The Morgan fingerprint density at radius 2 is 1.97 bits per heavy atom. The van der Waals surface area contributed by atoms with Crippen LogP contribution in [-0.2, 0) is 10.5 Å². The molecular weight excluding hydrogens is 462 g/mol. The Morgan fingerprint density at radius 3 is 2.72 bits per heavy atom. The summed E-state index contributed by atoms with van der Waals surface area (Å²) in [6, 6.07) is 17.6. The van der Waals surface area contributed by atoms with Crippen molar-refractivity contribution < 1.29 is 4.79 Å². The zero-order valence-electron chi connectivity index (χ0n) is 17.2. The molecule has 0 aliphatic carbocycles. The molecule has 162 valence electrons. The van der Waals surface area contributed by atoms with Gasteiger partial charge in [0.25, 0.3) is 0 Å². The summed E-state index contributed by atoms with van der Waals surface area (Å²) in [5.74, 6) is 0.959. The molecule has 0 bridgehead atoms. The van der Waals surface area contributed by atoms with E-state index < -0.39 is 0 Å². The van der Waals surface area contributed by atoms with Crippen LogP contribution in [0.15, 0.2) is 83.4 Å². The van der Waals surface area contributed by atoms with Crippen molar-refractivity contribution in [1.82, 2.24) is 19.7 Å². The van der Waals surface area contributed by atoms with Gasteiger partial charge >= 0.3 is 0 Å². The van der Waals surface area contributed by atoms with Gasteiger partial charge in [0.15, 0.2) is 5.16 Å². The largest absolute Gasteiger partial charge is 0.325 e.